The highest BCUT2D eigenvalue weighted by molar-refractivity contribution is 8.00. The molecule has 114 valence electrons. The van der Waals surface area contributed by atoms with Crippen molar-refractivity contribution in [1.29, 1.82) is 0 Å². The number of sulfone groups is 1. The van der Waals surface area contributed by atoms with Gasteiger partial charge in [-0.15, -0.1) is 11.8 Å². The third-order valence-corrected chi connectivity index (χ3v) is 5.01. The summed E-state index contributed by atoms with van der Waals surface area (Å²) in [5.41, 5.74) is -5.45. The summed E-state index contributed by atoms with van der Waals surface area (Å²) >= 11 is 0.940. The molecule has 3 nitrogen and oxygen atoms in total. The minimum absolute atomic E-state index is 0.106. The quantitative estimate of drug-likeness (QED) is 0.614. The van der Waals surface area contributed by atoms with Gasteiger partial charge < -0.3 is 4.90 Å². The summed E-state index contributed by atoms with van der Waals surface area (Å²) in [5, 5.41) is 0. The van der Waals surface area contributed by atoms with Crippen LogP contribution in [0.3, 0.4) is 0 Å². The molecule has 0 heterocycles. The Morgan fingerprint density at radius 3 is 2.35 bits per heavy atom. The van der Waals surface area contributed by atoms with Crippen molar-refractivity contribution >= 4 is 21.6 Å². The second-order valence-electron chi connectivity index (χ2n) is 4.19. The Morgan fingerprint density at radius 2 is 1.85 bits per heavy atom. The van der Waals surface area contributed by atoms with E-state index >= 15 is 0 Å². The zero-order valence-corrected chi connectivity index (χ0v) is 12.4. The van der Waals surface area contributed by atoms with Gasteiger partial charge in [-0.1, -0.05) is 0 Å². The zero-order valence-electron chi connectivity index (χ0n) is 10.7. The smallest absolute Gasteiger partial charge is 0.309 e. The van der Waals surface area contributed by atoms with Crippen molar-refractivity contribution in [3.8, 4) is 0 Å². The third-order valence-electron chi connectivity index (χ3n) is 2.30. The van der Waals surface area contributed by atoms with E-state index in [4.69, 9.17) is 0 Å². The fourth-order valence-electron chi connectivity index (χ4n) is 1.27. The first-order chi connectivity index (χ1) is 9.05. The number of benzene rings is 1. The van der Waals surface area contributed by atoms with Crippen LogP contribution in [0.15, 0.2) is 28.0 Å². The number of rotatable bonds is 5. The molecule has 0 spiro atoms. The lowest BCUT2D eigenvalue weighted by molar-refractivity contribution is -0.0437. The van der Waals surface area contributed by atoms with Crippen molar-refractivity contribution in [1.82, 2.24) is 4.90 Å². The number of alkyl halides is 3. The molecule has 9 heteroatoms. The molecule has 0 radical (unpaired) electrons. The number of nitrogens with zero attached hydrogens (tertiary/aromatic N) is 1. The van der Waals surface area contributed by atoms with E-state index in [1.807, 2.05) is 0 Å². The van der Waals surface area contributed by atoms with Crippen molar-refractivity contribution in [3.63, 3.8) is 0 Å². The second-order valence-corrected chi connectivity index (χ2v) is 7.24. The maximum Gasteiger partial charge on any atom is 0.501 e. The van der Waals surface area contributed by atoms with E-state index in [9.17, 15) is 26.0 Å². The average molecular weight is 331 g/mol. The summed E-state index contributed by atoms with van der Waals surface area (Å²) in [6, 6.07) is 2.39. The Hall–Kier alpha value is -0.800. The molecule has 1 aromatic carbocycles. The molecule has 0 aliphatic heterocycles. The van der Waals surface area contributed by atoms with Crippen LogP contribution in [0.5, 0.6) is 0 Å². The van der Waals surface area contributed by atoms with E-state index in [2.05, 4.69) is 0 Å². The van der Waals surface area contributed by atoms with Crippen LogP contribution >= 0.6 is 11.8 Å². The molecule has 0 bridgehead atoms. The van der Waals surface area contributed by atoms with Crippen LogP contribution in [0.25, 0.3) is 0 Å². The molecular weight excluding hydrogens is 318 g/mol. The Labute approximate surface area is 118 Å². The average Bonchev–Trinajstić information content (AvgIpc) is 2.29. The van der Waals surface area contributed by atoms with E-state index in [0.717, 1.165) is 23.9 Å². The highest BCUT2D eigenvalue weighted by atomic mass is 32.2. The number of thioether (sulfide) groups is 1. The van der Waals surface area contributed by atoms with E-state index < -0.39 is 26.1 Å². The summed E-state index contributed by atoms with van der Waals surface area (Å²) in [5.74, 6) is -0.635. The van der Waals surface area contributed by atoms with Crippen molar-refractivity contribution in [2.24, 2.45) is 0 Å². The molecule has 0 saturated heterocycles. The minimum Gasteiger partial charge on any atom is -0.309 e. The Balaban J connectivity index is 3.15. The number of hydrogen-bond donors (Lipinski definition) is 0. The van der Waals surface area contributed by atoms with Crippen LogP contribution in [-0.2, 0) is 9.84 Å². The van der Waals surface area contributed by atoms with Gasteiger partial charge in [0.05, 0.1) is 4.90 Å². The Morgan fingerprint density at radius 1 is 1.25 bits per heavy atom. The largest absolute Gasteiger partial charge is 0.501 e. The monoisotopic (exact) mass is 331 g/mol. The van der Waals surface area contributed by atoms with Crippen LogP contribution in [-0.4, -0.2) is 45.2 Å². The molecule has 0 atom stereocenters. The van der Waals surface area contributed by atoms with Gasteiger partial charge >= 0.3 is 5.51 Å². The van der Waals surface area contributed by atoms with Gasteiger partial charge in [0.1, 0.15) is 5.82 Å². The van der Waals surface area contributed by atoms with Gasteiger partial charge in [-0.3, -0.25) is 0 Å². The molecule has 0 unspecified atom stereocenters. The molecule has 0 aliphatic carbocycles. The highest BCUT2D eigenvalue weighted by Gasteiger charge is 2.48. The van der Waals surface area contributed by atoms with Gasteiger partial charge in [-0.2, -0.15) is 13.2 Å². The topological polar surface area (TPSA) is 37.4 Å². The van der Waals surface area contributed by atoms with Crippen molar-refractivity contribution in [3.05, 3.63) is 24.0 Å². The van der Waals surface area contributed by atoms with Gasteiger partial charge in [0.25, 0.3) is 9.84 Å². The first-order valence-corrected chi connectivity index (χ1v) is 7.91. The fourth-order valence-corrected chi connectivity index (χ4v) is 3.67. The molecule has 1 rings (SSSR count). The summed E-state index contributed by atoms with van der Waals surface area (Å²) in [6.45, 7) is 0.549. The number of halogens is 4. The van der Waals surface area contributed by atoms with Gasteiger partial charge in [0.2, 0.25) is 0 Å². The van der Waals surface area contributed by atoms with E-state index in [0.29, 0.717) is 18.4 Å². The maximum atomic E-state index is 13.1. The molecule has 0 N–H and O–H groups in total. The molecule has 1 aromatic rings. The van der Waals surface area contributed by atoms with Crippen LogP contribution < -0.4 is 0 Å². The maximum absolute atomic E-state index is 13.1. The highest BCUT2D eigenvalue weighted by Crippen LogP contribution is 2.36. The molecule has 0 aromatic heterocycles. The molecule has 0 fully saturated rings. The Bertz CT molecular complexity index is 570. The number of hydrogen-bond acceptors (Lipinski definition) is 4. The minimum atomic E-state index is -5.55. The molecule has 0 amide bonds. The standard InChI is InChI=1S/C11H13F4NO2S2/c1-16(2)5-6-19-9-4-3-8(12)7-10(9)20(17,18)11(13,14)15/h3-4,7H,5-6H2,1-2H3. The van der Waals surface area contributed by atoms with Crippen LogP contribution in [0, 0.1) is 5.82 Å². The lowest BCUT2D eigenvalue weighted by atomic mass is 10.3. The fraction of sp³-hybridized carbons (Fsp3) is 0.455. The van der Waals surface area contributed by atoms with Gasteiger partial charge in [-0.25, -0.2) is 12.8 Å². The normalized spacial score (nSPS) is 12.9. The van der Waals surface area contributed by atoms with Crippen molar-refractivity contribution in [2.75, 3.05) is 26.4 Å². The molecule has 20 heavy (non-hydrogen) atoms. The van der Waals surface area contributed by atoms with E-state index in [1.54, 1.807) is 19.0 Å². The van der Waals surface area contributed by atoms with Crippen molar-refractivity contribution < 1.29 is 26.0 Å². The summed E-state index contributed by atoms with van der Waals surface area (Å²) in [6.07, 6.45) is 0. The third kappa shape index (κ3) is 4.10. The molecule has 0 saturated carbocycles. The van der Waals surface area contributed by atoms with Crippen LogP contribution in [0.4, 0.5) is 17.6 Å². The first kappa shape index (κ1) is 17.3. The lowest BCUT2D eigenvalue weighted by Gasteiger charge is -2.13. The van der Waals surface area contributed by atoms with Gasteiger partial charge in [0.15, 0.2) is 0 Å². The summed E-state index contributed by atoms with van der Waals surface area (Å²) in [4.78, 5) is 0.661. The Kier molecular flexibility index (Phi) is 5.45. The van der Waals surface area contributed by atoms with Crippen molar-refractivity contribution in [2.45, 2.75) is 15.3 Å². The molecule has 0 aliphatic rings. The predicted octanol–water partition coefficient (Wildman–Crippen LogP) is 2.77. The first-order valence-electron chi connectivity index (χ1n) is 5.44. The van der Waals surface area contributed by atoms with Crippen LogP contribution in [0.2, 0.25) is 0 Å². The second kappa shape index (κ2) is 6.31. The zero-order chi connectivity index (χ0) is 15.6. The van der Waals surface area contributed by atoms with E-state index in [1.165, 1.54) is 0 Å². The summed E-state index contributed by atoms with van der Waals surface area (Å²) in [7, 11) is -2.00. The predicted molar refractivity (Wildman–Crippen MR) is 68.9 cm³/mol. The van der Waals surface area contributed by atoms with Gasteiger partial charge in [0, 0.05) is 17.2 Å². The van der Waals surface area contributed by atoms with Crippen LogP contribution in [0.1, 0.15) is 0 Å². The molecular formula is C11H13F4NO2S2. The summed E-state index contributed by atoms with van der Waals surface area (Å²) < 4.78 is 73.5. The lowest BCUT2D eigenvalue weighted by Crippen LogP contribution is -2.24. The SMILES string of the molecule is CN(C)CCSc1ccc(F)cc1S(=O)(=O)C(F)(F)F. The van der Waals surface area contributed by atoms with Gasteiger partial charge in [-0.05, 0) is 32.3 Å². The van der Waals surface area contributed by atoms with E-state index in [-0.39, 0.29) is 4.90 Å².